The van der Waals surface area contributed by atoms with Gasteiger partial charge in [-0.15, -0.1) is 0 Å². The summed E-state index contributed by atoms with van der Waals surface area (Å²) in [6, 6.07) is 13.2. The van der Waals surface area contributed by atoms with Crippen LogP contribution in [-0.2, 0) is 14.8 Å². The summed E-state index contributed by atoms with van der Waals surface area (Å²) in [4.78, 5) is 23.2. The van der Waals surface area contributed by atoms with E-state index in [1.165, 1.54) is 49.6 Å². The number of halogens is 1. The number of hydrogen-bond donors (Lipinski definition) is 1. The molecule has 3 rings (SSSR count). The fourth-order valence-electron chi connectivity index (χ4n) is 3.21. The third-order valence-corrected chi connectivity index (χ3v) is 6.79. The normalized spacial score (nSPS) is 11.1. The lowest BCUT2D eigenvalue weighted by Gasteiger charge is -2.25. The first kappa shape index (κ1) is 24.6. The van der Waals surface area contributed by atoms with Gasteiger partial charge in [-0.1, -0.05) is 12.1 Å². The number of sulfonamides is 1. The number of benzene rings is 3. The Morgan fingerprint density at radius 3 is 2.38 bits per heavy atom. The van der Waals surface area contributed by atoms with Gasteiger partial charge in [0, 0.05) is 12.1 Å². The molecular weight excluding hydrogens is 465 g/mol. The highest BCUT2D eigenvalue weighted by atomic mass is 32.2. The van der Waals surface area contributed by atoms with E-state index < -0.39 is 33.2 Å². The van der Waals surface area contributed by atoms with Gasteiger partial charge >= 0.3 is 0 Å². The van der Waals surface area contributed by atoms with Crippen molar-refractivity contribution in [2.24, 2.45) is 0 Å². The first-order valence-corrected chi connectivity index (χ1v) is 11.4. The molecule has 0 atom stereocenters. The van der Waals surface area contributed by atoms with Gasteiger partial charge < -0.3 is 10.1 Å². The van der Waals surface area contributed by atoms with Gasteiger partial charge in [-0.05, 0) is 61.4 Å². The van der Waals surface area contributed by atoms with Gasteiger partial charge in [0.05, 0.1) is 23.4 Å². The van der Waals surface area contributed by atoms with E-state index in [-0.39, 0.29) is 27.7 Å². The lowest BCUT2D eigenvalue weighted by molar-refractivity contribution is -0.384. The van der Waals surface area contributed by atoms with E-state index in [2.05, 4.69) is 5.32 Å². The smallest absolute Gasteiger partial charge is 0.271 e. The standard InChI is InChI=1S/C23H22FN3O6S/c1-15-4-11-21(33-3)22(12-15)34(31,32)26(18-9-6-17(24)7-10-18)14-23(28)25-20-13-19(27(29)30)8-5-16(20)2/h4-13H,14H2,1-3H3,(H,25,28). The van der Waals surface area contributed by atoms with Gasteiger partial charge in [0.2, 0.25) is 5.91 Å². The highest BCUT2D eigenvalue weighted by molar-refractivity contribution is 7.93. The molecule has 3 aromatic carbocycles. The molecule has 3 aromatic rings. The first-order chi connectivity index (χ1) is 16.0. The van der Waals surface area contributed by atoms with Crippen LogP contribution in [0.15, 0.2) is 65.6 Å². The van der Waals surface area contributed by atoms with E-state index in [9.17, 15) is 27.7 Å². The number of rotatable bonds is 8. The highest BCUT2D eigenvalue weighted by Gasteiger charge is 2.30. The average Bonchev–Trinajstić information content (AvgIpc) is 2.79. The number of ether oxygens (including phenoxy) is 1. The zero-order chi connectivity index (χ0) is 25.0. The van der Waals surface area contributed by atoms with Crippen molar-refractivity contribution >= 4 is 33.0 Å². The Balaban J connectivity index is 2.02. The molecule has 0 bridgehead atoms. The van der Waals surface area contributed by atoms with Crippen LogP contribution in [0.5, 0.6) is 5.75 Å². The van der Waals surface area contributed by atoms with E-state index in [1.807, 2.05) is 0 Å². The van der Waals surface area contributed by atoms with E-state index in [1.54, 1.807) is 19.9 Å². The summed E-state index contributed by atoms with van der Waals surface area (Å²) in [5.74, 6) is -1.25. The molecule has 0 aliphatic carbocycles. The maximum atomic E-state index is 13.6. The second-order valence-electron chi connectivity index (χ2n) is 7.45. The summed E-state index contributed by atoms with van der Waals surface area (Å²) in [5.41, 5.74) is 1.19. The Kier molecular flexibility index (Phi) is 7.16. The predicted molar refractivity (Wildman–Crippen MR) is 125 cm³/mol. The molecule has 9 nitrogen and oxygen atoms in total. The van der Waals surface area contributed by atoms with Crippen LogP contribution in [0, 0.1) is 29.8 Å². The number of hydrogen-bond acceptors (Lipinski definition) is 6. The predicted octanol–water partition coefficient (Wildman–Crippen LogP) is 4.19. The zero-order valence-electron chi connectivity index (χ0n) is 18.6. The van der Waals surface area contributed by atoms with Crippen molar-refractivity contribution < 1.29 is 27.3 Å². The molecule has 0 aliphatic heterocycles. The molecule has 0 aromatic heterocycles. The number of nitrogens with one attached hydrogen (secondary N) is 1. The molecule has 0 aliphatic rings. The summed E-state index contributed by atoms with van der Waals surface area (Å²) in [6.45, 7) is 2.68. The van der Waals surface area contributed by atoms with E-state index >= 15 is 0 Å². The molecule has 0 saturated carbocycles. The third-order valence-electron chi connectivity index (χ3n) is 5.00. The molecule has 0 heterocycles. The zero-order valence-corrected chi connectivity index (χ0v) is 19.4. The number of amides is 1. The Bertz CT molecular complexity index is 1340. The number of methoxy groups -OCH3 is 1. The number of aryl methyl sites for hydroxylation is 2. The fourth-order valence-corrected chi connectivity index (χ4v) is 4.87. The summed E-state index contributed by atoms with van der Waals surface area (Å²) in [6.07, 6.45) is 0. The second kappa shape index (κ2) is 9.87. The molecule has 0 spiro atoms. The minimum Gasteiger partial charge on any atom is -0.495 e. The van der Waals surface area contributed by atoms with Crippen LogP contribution >= 0.6 is 0 Å². The molecule has 11 heteroatoms. The van der Waals surface area contributed by atoms with Gasteiger partial charge in [-0.2, -0.15) is 0 Å². The summed E-state index contributed by atoms with van der Waals surface area (Å²) in [5, 5.41) is 13.6. The van der Waals surface area contributed by atoms with Crippen LogP contribution in [0.3, 0.4) is 0 Å². The van der Waals surface area contributed by atoms with Crippen LogP contribution in [-0.4, -0.2) is 32.9 Å². The average molecular weight is 488 g/mol. The van der Waals surface area contributed by atoms with Gasteiger partial charge in [-0.25, -0.2) is 12.8 Å². The number of carbonyl (C=O) groups excluding carboxylic acids is 1. The largest absolute Gasteiger partial charge is 0.495 e. The topological polar surface area (TPSA) is 119 Å². The van der Waals surface area contributed by atoms with Gasteiger partial charge in [-0.3, -0.25) is 19.2 Å². The van der Waals surface area contributed by atoms with Crippen molar-refractivity contribution in [3.63, 3.8) is 0 Å². The molecular formula is C23H22FN3O6S. The monoisotopic (exact) mass is 487 g/mol. The number of nitro groups is 1. The Morgan fingerprint density at radius 1 is 1.09 bits per heavy atom. The van der Waals surface area contributed by atoms with Crippen LogP contribution in [0.25, 0.3) is 0 Å². The van der Waals surface area contributed by atoms with E-state index in [0.717, 1.165) is 16.4 Å². The number of non-ortho nitro benzene ring substituents is 1. The van der Waals surface area contributed by atoms with Crippen molar-refractivity contribution in [2.75, 3.05) is 23.3 Å². The molecule has 34 heavy (non-hydrogen) atoms. The second-order valence-corrected chi connectivity index (χ2v) is 9.28. The van der Waals surface area contributed by atoms with E-state index in [4.69, 9.17) is 4.74 Å². The number of nitrogens with zero attached hydrogens (tertiary/aromatic N) is 2. The molecule has 0 unspecified atom stereocenters. The third kappa shape index (κ3) is 5.31. The Labute approximate surface area is 196 Å². The Hall–Kier alpha value is -3.99. The summed E-state index contributed by atoms with van der Waals surface area (Å²) < 4.78 is 46.8. The molecule has 0 saturated heterocycles. The van der Waals surface area contributed by atoms with Gasteiger partial charge in [0.15, 0.2) is 0 Å². The lowest BCUT2D eigenvalue weighted by atomic mass is 10.2. The number of nitro benzene ring substituents is 1. The first-order valence-electron chi connectivity index (χ1n) is 10.0. The fraction of sp³-hybridized carbons (Fsp3) is 0.174. The lowest BCUT2D eigenvalue weighted by Crippen LogP contribution is -2.38. The summed E-state index contributed by atoms with van der Waals surface area (Å²) in [7, 11) is -3.01. The van der Waals surface area contributed by atoms with Gasteiger partial charge in [0.25, 0.3) is 15.7 Å². The van der Waals surface area contributed by atoms with Crippen LogP contribution in [0.4, 0.5) is 21.5 Å². The van der Waals surface area contributed by atoms with Crippen molar-refractivity contribution in [1.82, 2.24) is 0 Å². The van der Waals surface area contributed by atoms with Gasteiger partial charge in [0.1, 0.15) is 23.0 Å². The number of anilines is 2. The molecule has 178 valence electrons. The van der Waals surface area contributed by atoms with Crippen molar-refractivity contribution in [3.8, 4) is 5.75 Å². The van der Waals surface area contributed by atoms with Crippen LogP contribution in [0.1, 0.15) is 11.1 Å². The highest BCUT2D eigenvalue weighted by Crippen LogP contribution is 2.31. The molecule has 1 amide bonds. The minimum absolute atomic E-state index is 0.0517. The van der Waals surface area contributed by atoms with Crippen molar-refractivity contribution in [3.05, 3.63) is 87.7 Å². The van der Waals surface area contributed by atoms with Crippen LogP contribution < -0.4 is 14.4 Å². The van der Waals surface area contributed by atoms with Crippen LogP contribution in [0.2, 0.25) is 0 Å². The summed E-state index contributed by atoms with van der Waals surface area (Å²) >= 11 is 0. The molecule has 0 fully saturated rings. The maximum Gasteiger partial charge on any atom is 0.271 e. The van der Waals surface area contributed by atoms with E-state index in [0.29, 0.717) is 11.1 Å². The molecule has 0 radical (unpaired) electrons. The quantitative estimate of drug-likeness (QED) is 0.376. The van der Waals surface area contributed by atoms with Crippen molar-refractivity contribution in [1.29, 1.82) is 0 Å². The SMILES string of the molecule is COc1ccc(C)cc1S(=O)(=O)N(CC(=O)Nc1cc([N+](=O)[O-])ccc1C)c1ccc(F)cc1. The number of carbonyl (C=O) groups is 1. The Morgan fingerprint density at radius 2 is 1.76 bits per heavy atom. The molecule has 1 N–H and O–H groups in total. The minimum atomic E-state index is -4.33. The van der Waals surface area contributed by atoms with Crippen molar-refractivity contribution in [2.45, 2.75) is 18.7 Å². The maximum absolute atomic E-state index is 13.6.